The van der Waals surface area contributed by atoms with E-state index in [9.17, 15) is 18.0 Å². The molecule has 0 atom stereocenters. The second-order valence-corrected chi connectivity index (χ2v) is 4.30. The summed E-state index contributed by atoms with van der Waals surface area (Å²) in [6.07, 6.45) is -3.41. The van der Waals surface area contributed by atoms with Gasteiger partial charge in [0.2, 0.25) is 5.91 Å². The summed E-state index contributed by atoms with van der Waals surface area (Å²) < 4.78 is 38.0. The molecular weight excluding hydrogens is 263 g/mol. The van der Waals surface area contributed by atoms with E-state index in [1.807, 2.05) is 0 Å². The third kappa shape index (κ3) is 4.23. The fourth-order valence-corrected chi connectivity index (χ4v) is 1.61. The maximum absolute atomic E-state index is 12.3. The SMILES string of the molecule is CC(C)N(CCO)C(=O)Cn1ccc(C(F)(F)F)n1. The van der Waals surface area contributed by atoms with Crippen LogP contribution in [0, 0.1) is 0 Å². The van der Waals surface area contributed by atoms with Gasteiger partial charge in [-0.15, -0.1) is 0 Å². The van der Waals surface area contributed by atoms with Gasteiger partial charge in [0.05, 0.1) is 6.61 Å². The van der Waals surface area contributed by atoms with Crippen molar-refractivity contribution in [1.29, 1.82) is 0 Å². The number of amides is 1. The number of carbonyl (C=O) groups excluding carboxylic acids is 1. The minimum atomic E-state index is -4.52. The molecule has 1 aromatic heterocycles. The molecule has 0 unspecified atom stereocenters. The van der Waals surface area contributed by atoms with Gasteiger partial charge in [0.1, 0.15) is 6.54 Å². The zero-order chi connectivity index (χ0) is 14.6. The van der Waals surface area contributed by atoms with Crippen LogP contribution in [0.1, 0.15) is 19.5 Å². The smallest absolute Gasteiger partial charge is 0.395 e. The van der Waals surface area contributed by atoms with E-state index >= 15 is 0 Å². The lowest BCUT2D eigenvalue weighted by atomic mass is 10.3. The first-order valence-electron chi connectivity index (χ1n) is 5.76. The zero-order valence-electron chi connectivity index (χ0n) is 10.7. The highest BCUT2D eigenvalue weighted by atomic mass is 19.4. The minimum absolute atomic E-state index is 0.141. The van der Waals surface area contributed by atoms with Crippen LogP contribution in [0.5, 0.6) is 0 Å². The number of aromatic nitrogens is 2. The molecule has 0 radical (unpaired) electrons. The number of rotatable bonds is 5. The maximum Gasteiger partial charge on any atom is 0.435 e. The van der Waals surface area contributed by atoms with Gasteiger partial charge in [0.15, 0.2) is 5.69 Å². The molecule has 8 heteroatoms. The third-order valence-electron chi connectivity index (χ3n) is 2.51. The lowest BCUT2D eigenvalue weighted by molar-refractivity contribution is -0.142. The van der Waals surface area contributed by atoms with Crippen molar-refractivity contribution in [2.24, 2.45) is 0 Å². The summed E-state index contributed by atoms with van der Waals surface area (Å²) in [5.74, 6) is -0.388. The highest BCUT2D eigenvalue weighted by molar-refractivity contribution is 5.76. The van der Waals surface area contributed by atoms with Crippen LogP contribution in [-0.4, -0.2) is 44.9 Å². The summed E-state index contributed by atoms with van der Waals surface area (Å²) in [7, 11) is 0. The number of aliphatic hydroxyl groups excluding tert-OH is 1. The summed E-state index contributed by atoms with van der Waals surface area (Å²) in [5.41, 5.74) is -1.03. The number of aliphatic hydroxyl groups is 1. The summed E-state index contributed by atoms with van der Waals surface area (Å²) in [4.78, 5) is 13.3. The van der Waals surface area contributed by atoms with Gasteiger partial charge in [-0.05, 0) is 19.9 Å². The Labute approximate surface area is 108 Å². The molecule has 1 amide bonds. The Balaban J connectivity index is 2.73. The summed E-state index contributed by atoms with van der Waals surface area (Å²) in [6.45, 7) is 3.19. The van der Waals surface area contributed by atoms with Crippen molar-refractivity contribution in [2.45, 2.75) is 32.6 Å². The van der Waals surface area contributed by atoms with E-state index in [0.717, 1.165) is 16.9 Å². The Kier molecular flexibility index (Phi) is 4.93. The van der Waals surface area contributed by atoms with Crippen molar-refractivity contribution in [2.75, 3.05) is 13.2 Å². The van der Waals surface area contributed by atoms with Gasteiger partial charge in [-0.2, -0.15) is 18.3 Å². The number of halogens is 3. The van der Waals surface area contributed by atoms with E-state index < -0.39 is 11.9 Å². The van der Waals surface area contributed by atoms with Gasteiger partial charge in [0, 0.05) is 18.8 Å². The Morgan fingerprint density at radius 2 is 2.16 bits per heavy atom. The van der Waals surface area contributed by atoms with Crippen LogP contribution in [-0.2, 0) is 17.5 Å². The van der Waals surface area contributed by atoms with Gasteiger partial charge >= 0.3 is 6.18 Å². The molecule has 0 spiro atoms. The molecule has 1 heterocycles. The van der Waals surface area contributed by atoms with Gasteiger partial charge in [-0.25, -0.2) is 0 Å². The Hall–Kier alpha value is -1.57. The zero-order valence-corrected chi connectivity index (χ0v) is 10.7. The van der Waals surface area contributed by atoms with Crippen LogP contribution in [0.3, 0.4) is 0 Å². The van der Waals surface area contributed by atoms with Crippen LogP contribution in [0.25, 0.3) is 0 Å². The van der Waals surface area contributed by atoms with E-state index in [-0.39, 0.29) is 31.6 Å². The second-order valence-electron chi connectivity index (χ2n) is 4.30. The van der Waals surface area contributed by atoms with Crippen LogP contribution in [0.4, 0.5) is 13.2 Å². The molecule has 1 aromatic rings. The number of hydrogen-bond acceptors (Lipinski definition) is 3. The van der Waals surface area contributed by atoms with Crippen molar-refractivity contribution >= 4 is 5.91 Å². The fraction of sp³-hybridized carbons (Fsp3) is 0.636. The largest absolute Gasteiger partial charge is 0.435 e. The maximum atomic E-state index is 12.3. The van der Waals surface area contributed by atoms with Crippen molar-refractivity contribution in [3.05, 3.63) is 18.0 Å². The van der Waals surface area contributed by atoms with Crippen LogP contribution in [0.2, 0.25) is 0 Å². The molecule has 108 valence electrons. The first-order valence-corrected chi connectivity index (χ1v) is 5.76. The molecule has 1 N–H and O–H groups in total. The Morgan fingerprint density at radius 3 is 2.58 bits per heavy atom. The molecule has 0 saturated carbocycles. The Bertz CT molecular complexity index is 429. The Morgan fingerprint density at radius 1 is 1.53 bits per heavy atom. The summed E-state index contributed by atoms with van der Waals surface area (Å²) >= 11 is 0. The topological polar surface area (TPSA) is 58.4 Å². The standard InChI is InChI=1S/C11H16F3N3O2/c1-8(2)17(5-6-18)10(19)7-16-4-3-9(15-16)11(12,13)14/h3-4,8,18H,5-7H2,1-2H3. The predicted octanol–water partition coefficient (Wildman–Crippen LogP) is 1.13. The fourth-order valence-electron chi connectivity index (χ4n) is 1.61. The first-order chi connectivity index (χ1) is 8.75. The van der Waals surface area contributed by atoms with Crippen LogP contribution >= 0.6 is 0 Å². The molecule has 0 bridgehead atoms. The number of nitrogens with zero attached hydrogens (tertiary/aromatic N) is 3. The van der Waals surface area contributed by atoms with Crippen molar-refractivity contribution in [3.63, 3.8) is 0 Å². The van der Waals surface area contributed by atoms with Gasteiger partial charge in [-0.1, -0.05) is 0 Å². The molecule has 0 saturated heterocycles. The second kappa shape index (κ2) is 6.05. The van der Waals surface area contributed by atoms with E-state index in [4.69, 9.17) is 5.11 Å². The van der Waals surface area contributed by atoms with Crippen molar-refractivity contribution in [3.8, 4) is 0 Å². The third-order valence-corrected chi connectivity index (χ3v) is 2.51. The molecule has 1 rings (SSSR count). The molecule has 0 aliphatic rings. The summed E-state index contributed by atoms with van der Waals surface area (Å²) in [6, 6.07) is 0.677. The molecule has 19 heavy (non-hydrogen) atoms. The van der Waals surface area contributed by atoms with E-state index in [1.165, 1.54) is 4.90 Å². The van der Waals surface area contributed by atoms with Crippen LogP contribution in [0.15, 0.2) is 12.3 Å². The monoisotopic (exact) mass is 279 g/mol. The average molecular weight is 279 g/mol. The molecule has 0 aliphatic carbocycles. The van der Waals surface area contributed by atoms with E-state index in [1.54, 1.807) is 13.8 Å². The van der Waals surface area contributed by atoms with Gasteiger partial charge in [-0.3, -0.25) is 9.48 Å². The first kappa shape index (κ1) is 15.5. The molecular formula is C11H16F3N3O2. The number of alkyl halides is 3. The predicted molar refractivity (Wildman–Crippen MR) is 61.2 cm³/mol. The molecule has 0 aliphatic heterocycles. The highest BCUT2D eigenvalue weighted by Crippen LogP contribution is 2.27. The van der Waals surface area contributed by atoms with Crippen LogP contribution < -0.4 is 0 Å². The number of hydrogen-bond donors (Lipinski definition) is 1. The lowest BCUT2D eigenvalue weighted by Gasteiger charge is -2.25. The minimum Gasteiger partial charge on any atom is -0.395 e. The van der Waals surface area contributed by atoms with Crippen molar-refractivity contribution < 1.29 is 23.1 Å². The molecule has 5 nitrogen and oxygen atoms in total. The van der Waals surface area contributed by atoms with Gasteiger partial charge < -0.3 is 10.0 Å². The molecule has 0 fully saturated rings. The van der Waals surface area contributed by atoms with E-state index in [2.05, 4.69) is 5.10 Å². The summed E-state index contributed by atoms with van der Waals surface area (Å²) in [5, 5.41) is 12.2. The molecule has 0 aromatic carbocycles. The normalized spacial score (nSPS) is 11.9. The van der Waals surface area contributed by atoms with Crippen molar-refractivity contribution in [1.82, 2.24) is 14.7 Å². The average Bonchev–Trinajstić information content (AvgIpc) is 2.73. The highest BCUT2D eigenvalue weighted by Gasteiger charge is 2.33. The van der Waals surface area contributed by atoms with Gasteiger partial charge in [0.25, 0.3) is 0 Å². The lowest BCUT2D eigenvalue weighted by Crippen LogP contribution is -2.41. The quantitative estimate of drug-likeness (QED) is 0.879. The van der Waals surface area contributed by atoms with E-state index in [0.29, 0.717) is 0 Å². The number of carbonyl (C=O) groups is 1.